The zero-order chi connectivity index (χ0) is 22.2. The number of aromatic nitrogens is 1. The van der Waals surface area contributed by atoms with Gasteiger partial charge in [0.15, 0.2) is 0 Å². The summed E-state index contributed by atoms with van der Waals surface area (Å²) in [5.74, 6) is 0.837. The summed E-state index contributed by atoms with van der Waals surface area (Å²) < 4.78 is 7.52. The molecule has 1 heterocycles. The first-order valence-electron chi connectivity index (χ1n) is 10.6. The molecule has 0 spiro atoms. The van der Waals surface area contributed by atoms with Gasteiger partial charge in [-0.25, -0.2) is 4.79 Å². The molecule has 5 nitrogen and oxygen atoms in total. The van der Waals surface area contributed by atoms with E-state index in [1.54, 1.807) is 7.11 Å². The van der Waals surface area contributed by atoms with Crippen LogP contribution in [0.1, 0.15) is 16.8 Å². The fourth-order valence-electron chi connectivity index (χ4n) is 3.64. The molecule has 4 aromatic rings. The van der Waals surface area contributed by atoms with Crippen molar-refractivity contribution in [2.75, 3.05) is 12.4 Å². The van der Waals surface area contributed by atoms with Crippen molar-refractivity contribution in [2.24, 2.45) is 0 Å². The molecule has 4 rings (SSSR count). The Kier molecular flexibility index (Phi) is 6.88. The van der Waals surface area contributed by atoms with Gasteiger partial charge in [-0.15, -0.1) is 0 Å². The van der Waals surface area contributed by atoms with Crippen LogP contribution >= 0.6 is 0 Å². The molecule has 0 saturated carbocycles. The summed E-state index contributed by atoms with van der Waals surface area (Å²) >= 11 is 0. The van der Waals surface area contributed by atoms with Gasteiger partial charge in [-0.2, -0.15) is 0 Å². The number of urea groups is 1. The Morgan fingerprint density at radius 3 is 2.31 bits per heavy atom. The highest BCUT2D eigenvalue weighted by Crippen LogP contribution is 2.18. The van der Waals surface area contributed by atoms with E-state index >= 15 is 0 Å². The van der Waals surface area contributed by atoms with Crippen LogP contribution in [0.2, 0.25) is 0 Å². The predicted octanol–water partition coefficient (Wildman–Crippen LogP) is 5.78. The minimum atomic E-state index is -0.130. The number of rotatable bonds is 8. The third-order valence-corrected chi connectivity index (χ3v) is 5.29. The van der Waals surface area contributed by atoms with Crippen LogP contribution in [0.4, 0.5) is 10.5 Å². The summed E-state index contributed by atoms with van der Waals surface area (Å²) in [4.78, 5) is 15.0. The summed E-state index contributed by atoms with van der Waals surface area (Å²) in [5.41, 5.74) is 4.07. The highest BCUT2D eigenvalue weighted by molar-refractivity contribution is 5.89. The third kappa shape index (κ3) is 5.58. The van der Waals surface area contributed by atoms with Crippen LogP contribution in [0, 0.1) is 0 Å². The number of carbonyl (C=O) groups excluding carboxylic acids is 1. The largest absolute Gasteiger partial charge is 0.497 e. The highest BCUT2D eigenvalue weighted by atomic mass is 16.5. The molecule has 0 bridgehead atoms. The lowest BCUT2D eigenvalue weighted by Crippen LogP contribution is -2.34. The number of methoxy groups -OCH3 is 1. The van der Waals surface area contributed by atoms with Crippen molar-refractivity contribution in [1.29, 1.82) is 0 Å². The van der Waals surface area contributed by atoms with Gasteiger partial charge in [0.25, 0.3) is 0 Å². The second-order valence-corrected chi connectivity index (χ2v) is 7.62. The molecule has 32 heavy (non-hydrogen) atoms. The summed E-state index contributed by atoms with van der Waals surface area (Å²) in [5, 5.41) is 3.02. The number of hydrogen-bond donors (Lipinski definition) is 1. The molecular weight excluding hydrogens is 398 g/mol. The number of anilines is 1. The fourth-order valence-corrected chi connectivity index (χ4v) is 3.64. The van der Waals surface area contributed by atoms with Gasteiger partial charge in [0.05, 0.1) is 13.7 Å². The minimum Gasteiger partial charge on any atom is -0.497 e. The molecule has 2 amide bonds. The average molecular weight is 426 g/mol. The van der Waals surface area contributed by atoms with Crippen molar-refractivity contribution >= 4 is 11.7 Å². The Morgan fingerprint density at radius 2 is 1.56 bits per heavy atom. The summed E-state index contributed by atoms with van der Waals surface area (Å²) in [6.07, 6.45) is 2.05. The van der Waals surface area contributed by atoms with Crippen LogP contribution in [-0.2, 0) is 19.6 Å². The highest BCUT2D eigenvalue weighted by Gasteiger charge is 2.17. The second kappa shape index (κ2) is 10.4. The molecule has 0 aliphatic rings. The molecule has 0 radical (unpaired) electrons. The summed E-state index contributed by atoms with van der Waals surface area (Å²) in [6.45, 7) is 1.72. The first-order valence-corrected chi connectivity index (χ1v) is 10.6. The number of para-hydroxylation sites is 1. The van der Waals surface area contributed by atoms with Crippen molar-refractivity contribution in [3.05, 3.63) is 120 Å². The van der Waals surface area contributed by atoms with Gasteiger partial charge in [-0.3, -0.25) is 0 Å². The molecule has 0 aliphatic heterocycles. The van der Waals surface area contributed by atoms with Crippen molar-refractivity contribution in [3.8, 4) is 5.75 Å². The zero-order valence-electron chi connectivity index (χ0n) is 18.1. The minimum absolute atomic E-state index is 0.130. The number of amides is 2. The fraction of sp³-hybridized carbons (Fsp3) is 0.148. The van der Waals surface area contributed by atoms with E-state index in [4.69, 9.17) is 4.74 Å². The number of benzene rings is 3. The molecule has 0 aliphatic carbocycles. The maximum absolute atomic E-state index is 13.2. The van der Waals surface area contributed by atoms with Crippen molar-refractivity contribution in [1.82, 2.24) is 9.47 Å². The molecule has 3 aromatic carbocycles. The lowest BCUT2D eigenvalue weighted by atomic mass is 10.2. The molecule has 5 heteroatoms. The number of hydrogen-bond acceptors (Lipinski definition) is 2. The molecule has 162 valence electrons. The molecule has 0 saturated heterocycles. The Hall–Kier alpha value is -3.99. The van der Waals surface area contributed by atoms with E-state index in [0.717, 1.165) is 28.3 Å². The SMILES string of the molecule is COc1cccc(Cn2cccc2CN(Cc2ccccc2)C(=O)Nc2ccccc2)c1. The third-order valence-electron chi connectivity index (χ3n) is 5.29. The molecule has 0 atom stereocenters. The van der Waals surface area contributed by atoms with Gasteiger partial charge in [0.2, 0.25) is 0 Å². The van der Waals surface area contributed by atoms with E-state index in [1.165, 1.54) is 0 Å². The van der Waals surface area contributed by atoms with Crippen molar-refractivity contribution in [3.63, 3.8) is 0 Å². The molecular formula is C27H27N3O2. The van der Waals surface area contributed by atoms with Crippen LogP contribution in [0.3, 0.4) is 0 Å². The first-order chi connectivity index (χ1) is 15.7. The average Bonchev–Trinajstić information content (AvgIpc) is 3.26. The monoisotopic (exact) mass is 425 g/mol. The maximum atomic E-state index is 13.2. The van der Waals surface area contributed by atoms with Gasteiger partial charge in [0.1, 0.15) is 5.75 Å². The van der Waals surface area contributed by atoms with Gasteiger partial charge in [-0.1, -0.05) is 60.7 Å². The van der Waals surface area contributed by atoms with Gasteiger partial charge >= 0.3 is 6.03 Å². The van der Waals surface area contributed by atoms with E-state index < -0.39 is 0 Å². The Morgan fingerprint density at radius 1 is 0.844 bits per heavy atom. The van der Waals surface area contributed by atoms with Crippen LogP contribution in [-0.4, -0.2) is 22.6 Å². The maximum Gasteiger partial charge on any atom is 0.322 e. The number of nitrogens with zero attached hydrogens (tertiary/aromatic N) is 2. The van der Waals surface area contributed by atoms with Gasteiger partial charge in [0, 0.05) is 30.7 Å². The normalized spacial score (nSPS) is 10.5. The number of carbonyl (C=O) groups is 1. The van der Waals surface area contributed by atoms with Crippen LogP contribution in [0.5, 0.6) is 5.75 Å². The van der Waals surface area contributed by atoms with E-state index in [-0.39, 0.29) is 6.03 Å². The summed E-state index contributed by atoms with van der Waals surface area (Å²) in [7, 11) is 1.67. The van der Waals surface area contributed by atoms with Crippen LogP contribution < -0.4 is 10.1 Å². The van der Waals surface area contributed by atoms with Crippen LogP contribution in [0.25, 0.3) is 0 Å². The van der Waals surface area contributed by atoms with Gasteiger partial charge < -0.3 is 19.5 Å². The Balaban J connectivity index is 1.54. The molecule has 0 fully saturated rings. The zero-order valence-corrected chi connectivity index (χ0v) is 18.1. The lowest BCUT2D eigenvalue weighted by Gasteiger charge is -2.24. The number of ether oxygens (including phenoxy) is 1. The molecule has 1 aromatic heterocycles. The Labute approximate surface area is 188 Å². The topological polar surface area (TPSA) is 46.5 Å². The van der Waals surface area contributed by atoms with Crippen molar-refractivity contribution < 1.29 is 9.53 Å². The first kappa shape index (κ1) is 21.2. The van der Waals surface area contributed by atoms with E-state index in [9.17, 15) is 4.79 Å². The standard InChI is InChI=1S/C27H27N3O2/c1-32-26-16-8-12-23(18-26)20-29-17-9-15-25(29)21-30(19-22-10-4-2-5-11-22)27(31)28-24-13-6-3-7-14-24/h2-18H,19-21H2,1H3,(H,28,31). The molecule has 0 unspecified atom stereocenters. The van der Waals surface area contributed by atoms with Crippen molar-refractivity contribution in [2.45, 2.75) is 19.6 Å². The van der Waals surface area contributed by atoms with E-state index in [2.05, 4.69) is 22.0 Å². The smallest absolute Gasteiger partial charge is 0.322 e. The number of nitrogens with one attached hydrogen (secondary N) is 1. The quantitative estimate of drug-likeness (QED) is 0.389. The van der Waals surface area contributed by atoms with Crippen LogP contribution in [0.15, 0.2) is 103 Å². The summed E-state index contributed by atoms with van der Waals surface area (Å²) in [6, 6.07) is 31.6. The lowest BCUT2D eigenvalue weighted by molar-refractivity contribution is 0.205. The predicted molar refractivity (Wildman–Crippen MR) is 128 cm³/mol. The van der Waals surface area contributed by atoms with E-state index in [1.807, 2.05) is 96.0 Å². The van der Waals surface area contributed by atoms with Gasteiger partial charge in [-0.05, 0) is 47.5 Å². The Bertz CT molecular complexity index is 1140. The van der Waals surface area contributed by atoms with E-state index in [0.29, 0.717) is 19.6 Å². The molecule has 1 N–H and O–H groups in total. The second-order valence-electron chi connectivity index (χ2n) is 7.62.